The Bertz CT molecular complexity index is 1380. The van der Waals surface area contributed by atoms with E-state index in [1.807, 2.05) is 42.5 Å². The van der Waals surface area contributed by atoms with E-state index in [1.54, 1.807) is 36.4 Å². The molecule has 2 N–H and O–H groups in total. The van der Waals surface area contributed by atoms with E-state index in [4.69, 9.17) is 11.6 Å². The zero-order valence-corrected chi connectivity index (χ0v) is 20.3. The lowest BCUT2D eigenvalue weighted by Crippen LogP contribution is -2.19. The number of carbonyl (C=O) groups is 2. The third-order valence-corrected chi connectivity index (χ3v) is 6.64. The van der Waals surface area contributed by atoms with Crippen molar-refractivity contribution in [2.45, 2.75) is 10.1 Å². The molecule has 7 nitrogen and oxygen atoms in total. The van der Waals surface area contributed by atoms with Crippen LogP contribution in [0.1, 0.15) is 21.2 Å². The molecule has 0 aromatic heterocycles. The minimum Gasteiger partial charge on any atom is -0.325 e. The second-order valence-electron chi connectivity index (χ2n) is 7.69. The Labute approximate surface area is 216 Å². The van der Waals surface area contributed by atoms with Gasteiger partial charge in [0.15, 0.2) is 0 Å². The van der Waals surface area contributed by atoms with Crippen molar-refractivity contribution in [2.75, 3.05) is 10.6 Å². The molecule has 0 aliphatic rings. The largest absolute Gasteiger partial charge is 0.325 e. The average molecular weight is 518 g/mol. The number of nitro benzene ring substituents is 1. The van der Waals surface area contributed by atoms with Crippen LogP contribution in [-0.2, 0) is 4.79 Å². The molecule has 9 heteroatoms. The molecule has 0 saturated heterocycles. The van der Waals surface area contributed by atoms with Crippen LogP contribution in [0.15, 0.2) is 108 Å². The lowest BCUT2D eigenvalue weighted by Gasteiger charge is -2.17. The third-order valence-electron chi connectivity index (χ3n) is 5.14. The van der Waals surface area contributed by atoms with Gasteiger partial charge in [-0.3, -0.25) is 19.7 Å². The molecule has 0 fully saturated rings. The summed E-state index contributed by atoms with van der Waals surface area (Å²) in [5, 5.41) is 16.5. The number of hydrogen-bond acceptors (Lipinski definition) is 5. The second kappa shape index (κ2) is 11.5. The van der Waals surface area contributed by atoms with Gasteiger partial charge >= 0.3 is 0 Å². The van der Waals surface area contributed by atoms with Crippen LogP contribution in [0.3, 0.4) is 0 Å². The standard InChI is InChI=1S/C27H20ClN3O4S/c28-20-7-4-8-22(17-20)30-27(33)25(18-5-2-1-3-6-18)36-24-15-11-21(12-16-24)29-26(32)19-9-13-23(14-10-19)31(34)35/h1-17,25H,(H,29,32)(H,30,33). The van der Waals surface area contributed by atoms with E-state index in [9.17, 15) is 19.7 Å². The number of hydrogen-bond donors (Lipinski definition) is 2. The summed E-state index contributed by atoms with van der Waals surface area (Å²) in [5.74, 6) is -0.572. The zero-order chi connectivity index (χ0) is 25.5. The molecule has 0 saturated carbocycles. The van der Waals surface area contributed by atoms with Crippen LogP contribution in [0.2, 0.25) is 5.02 Å². The predicted octanol–water partition coefficient (Wildman–Crippen LogP) is 6.97. The van der Waals surface area contributed by atoms with Crippen LogP contribution >= 0.6 is 23.4 Å². The Morgan fingerprint density at radius 2 is 1.50 bits per heavy atom. The van der Waals surface area contributed by atoms with Crippen molar-refractivity contribution >= 4 is 52.2 Å². The normalized spacial score (nSPS) is 11.4. The number of nitrogens with one attached hydrogen (secondary N) is 2. The van der Waals surface area contributed by atoms with Crippen molar-refractivity contribution in [3.8, 4) is 0 Å². The summed E-state index contributed by atoms with van der Waals surface area (Å²) >= 11 is 7.43. The van der Waals surface area contributed by atoms with E-state index < -0.39 is 10.2 Å². The lowest BCUT2D eigenvalue weighted by molar-refractivity contribution is -0.384. The Balaban J connectivity index is 1.46. The monoisotopic (exact) mass is 517 g/mol. The van der Waals surface area contributed by atoms with Crippen molar-refractivity contribution in [2.24, 2.45) is 0 Å². The van der Waals surface area contributed by atoms with Crippen molar-refractivity contribution in [3.05, 3.63) is 129 Å². The highest BCUT2D eigenvalue weighted by Gasteiger charge is 2.22. The van der Waals surface area contributed by atoms with E-state index in [0.29, 0.717) is 22.0 Å². The fourth-order valence-corrected chi connectivity index (χ4v) is 4.58. The third kappa shape index (κ3) is 6.50. The average Bonchev–Trinajstić information content (AvgIpc) is 2.88. The molecule has 2 amide bonds. The number of nitrogens with zero attached hydrogens (tertiary/aromatic N) is 1. The molecule has 0 bridgehead atoms. The van der Waals surface area contributed by atoms with Crippen molar-refractivity contribution in [1.29, 1.82) is 0 Å². The number of non-ortho nitro benzene ring substituents is 1. The fourth-order valence-electron chi connectivity index (χ4n) is 3.37. The number of rotatable bonds is 8. The van der Waals surface area contributed by atoms with E-state index in [1.165, 1.54) is 36.0 Å². The quantitative estimate of drug-likeness (QED) is 0.149. The smallest absolute Gasteiger partial charge is 0.269 e. The first-order chi connectivity index (χ1) is 17.4. The maximum atomic E-state index is 13.2. The van der Waals surface area contributed by atoms with Gasteiger partial charge < -0.3 is 10.6 Å². The highest BCUT2D eigenvalue weighted by molar-refractivity contribution is 8.00. The highest BCUT2D eigenvalue weighted by Crippen LogP contribution is 2.37. The summed E-state index contributed by atoms with van der Waals surface area (Å²) in [6.45, 7) is 0. The molecule has 0 spiro atoms. The number of benzene rings is 4. The molecule has 0 aliphatic heterocycles. The highest BCUT2D eigenvalue weighted by atomic mass is 35.5. The van der Waals surface area contributed by atoms with E-state index >= 15 is 0 Å². The van der Waals surface area contributed by atoms with Gasteiger partial charge in [-0.25, -0.2) is 0 Å². The first-order valence-electron chi connectivity index (χ1n) is 10.8. The van der Waals surface area contributed by atoms with Gasteiger partial charge in [0.1, 0.15) is 5.25 Å². The topological polar surface area (TPSA) is 101 Å². The SMILES string of the molecule is O=C(Nc1ccc(SC(C(=O)Nc2cccc(Cl)c2)c2ccccc2)cc1)c1ccc([N+](=O)[O-])cc1. The van der Waals surface area contributed by atoms with Crippen LogP contribution in [0.25, 0.3) is 0 Å². The van der Waals surface area contributed by atoms with Crippen molar-refractivity contribution < 1.29 is 14.5 Å². The van der Waals surface area contributed by atoms with Gasteiger partial charge in [0.05, 0.1) is 4.92 Å². The Kier molecular flexibility index (Phi) is 7.99. The Hall–Kier alpha value is -4.14. The Morgan fingerprint density at radius 3 is 2.14 bits per heavy atom. The molecule has 0 aliphatic carbocycles. The molecule has 1 unspecified atom stereocenters. The van der Waals surface area contributed by atoms with Gasteiger partial charge in [-0.2, -0.15) is 0 Å². The maximum Gasteiger partial charge on any atom is 0.269 e. The van der Waals surface area contributed by atoms with E-state index in [0.717, 1.165) is 10.5 Å². The number of amides is 2. The summed E-state index contributed by atoms with van der Waals surface area (Å²) in [7, 11) is 0. The van der Waals surface area contributed by atoms with Crippen LogP contribution in [-0.4, -0.2) is 16.7 Å². The molecular formula is C27H20ClN3O4S. The number of thioether (sulfide) groups is 1. The van der Waals surface area contributed by atoms with Crippen molar-refractivity contribution in [1.82, 2.24) is 0 Å². The predicted molar refractivity (Wildman–Crippen MR) is 143 cm³/mol. The first kappa shape index (κ1) is 25.0. The maximum absolute atomic E-state index is 13.2. The number of anilines is 2. The molecule has 36 heavy (non-hydrogen) atoms. The molecular weight excluding hydrogens is 498 g/mol. The summed E-state index contributed by atoms with van der Waals surface area (Å²) in [6, 6.07) is 28.9. The number of nitro groups is 1. The first-order valence-corrected chi connectivity index (χ1v) is 12.1. The Morgan fingerprint density at radius 1 is 0.806 bits per heavy atom. The summed E-state index contributed by atoms with van der Waals surface area (Å²) in [4.78, 5) is 36.8. The number of halogens is 1. The van der Waals surface area contributed by atoms with Crippen LogP contribution in [0.5, 0.6) is 0 Å². The van der Waals surface area contributed by atoms with Crippen LogP contribution in [0, 0.1) is 10.1 Å². The van der Waals surface area contributed by atoms with E-state index in [2.05, 4.69) is 10.6 Å². The molecule has 0 heterocycles. The molecule has 4 aromatic carbocycles. The minimum atomic E-state index is -0.522. The van der Waals surface area contributed by atoms with Gasteiger partial charge in [0, 0.05) is 39.0 Å². The van der Waals surface area contributed by atoms with Gasteiger partial charge in [-0.1, -0.05) is 48.0 Å². The minimum absolute atomic E-state index is 0.0831. The molecule has 0 radical (unpaired) electrons. The van der Waals surface area contributed by atoms with Crippen LogP contribution in [0.4, 0.5) is 17.1 Å². The molecule has 4 aromatic rings. The van der Waals surface area contributed by atoms with Crippen LogP contribution < -0.4 is 10.6 Å². The second-order valence-corrected chi connectivity index (χ2v) is 9.31. The lowest BCUT2D eigenvalue weighted by atomic mass is 10.1. The van der Waals surface area contributed by atoms with Gasteiger partial charge in [0.25, 0.3) is 11.6 Å². The fraction of sp³-hybridized carbons (Fsp3) is 0.0370. The van der Waals surface area contributed by atoms with E-state index in [-0.39, 0.29) is 17.5 Å². The summed E-state index contributed by atoms with van der Waals surface area (Å²) in [6.07, 6.45) is 0. The van der Waals surface area contributed by atoms with Gasteiger partial charge in [-0.15, -0.1) is 11.8 Å². The molecule has 180 valence electrons. The molecule has 1 atom stereocenters. The van der Waals surface area contributed by atoms with Crippen molar-refractivity contribution in [3.63, 3.8) is 0 Å². The zero-order valence-electron chi connectivity index (χ0n) is 18.8. The van der Waals surface area contributed by atoms with Gasteiger partial charge in [0.2, 0.25) is 5.91 Å². The summed E-state index contributed by atoms with van der Waals surface area (Å²) < 4.78 is 0. The molecule has 4 rings (SSSR count). The summed E-state index contributed by atoms with van der Waals surface area (Å²) in [5.41, 5.74) is 2.24. The van der Waals surface area contributed by atoms with Gasteiger partial charge in [-0.05, 0) is 60.2 Å². The number of carbonyl (C=O) groups excluding carboxylic acids is 2.